The van der Waals surface area contributed by atoms with Crippen molar-refractivity contribution in [3.8, 4) is 11.6 Å². The quantitative estimate of drug-likeness (QED) is 0.654. The first kappa shape index (κ1) is 14.4. The maximum absolute atomic E-state index is 11.6. The van der Waals surface area contributed by atoms with Crippen LogP contribution in [0.1, 0.15) is 13.8 Å². The maximum atomic E-state index is 11.6. The molecule has 19 heavy (non-hydrogen) atoms. The predicted octanol–water partition coefficient (Wildman–Crippen LogP) is 1.34. The van der Waals surface area contributed by atoms with E-state index in [9.17, 15) is 14.4 Å². The number of ether oxygens (including phenoxy) is 2. The third kappa shape index (κ3) is 3.95. The van der Waals surface area contributed by atoms with E-state index in [-0.39, 0.29) is 22.8 Å². The number of aromatic nitrogens is 1. The summed E-state index contributed by atoms with van der Waals surface area (Å²) in [6.07, 6.45) is 0. The first-order chi connectivity index (χ1) is 8.81. The highest BCUT2D eigenvalue weighted by Gasteiger charge is 2.11. The monoisotopic (exact) mass is 263 g/mol. The molecule has 100 valence electrons. The first-order valence-corrected chi connectivity index (χ1v) is 5.30. The Morgan fingerprint density at radius 2 is 1.58 bits per heavy atom. The summed E-state index contributed by atoms with van der Waals surface area (Å²) in [5, 5.41) is 0. The Labute approximate surface area is 109 Å². The average molecular weight is 263 g/mol. The Morgan fingerprint density at radius 1 is 1.05 bits per heavy atom. The molecule has 1 aromatic heterocycles. The molecule has 0 saturated heterocycles. The lowest BCUT2D eigenvalue weighted by molar-refractivity contribution is -0.131. The zero-order chi connectivity index (χ0) is 14.6. The first-order valence-electron chi connectivity index (χ1n) is 5.30. The Balaban J connectivity index is 2.89. The Morgan fingerprint density at radius 3 is 2.05 bits per heavy atom. The molecule has 1 aromatic rings. The number of carbonyl (C=O) groups is 2. The molecule has 0 saturated carbocycles. The summed E-state index contributed by atoms with van der Waals surface area (Å²) >= 11 is 0. The largest absolute Gasteiger partial charge is 0.417 e. The standard InChI is InChI=1S/C13H13NO5/c1-7(2)12(16)18-9-5-6-10(14-11(9)15)19-13(17)8(3)4/h5-6H,1,3H2,2,4H3,(H,14,15). The molecule has 0 unspecified atom stereocenters. The van der Waals surface area contributed by atoms with E-state index in [4.69, 9.17) is 9.47 Å². The third-order valence-electron chi connectivity index (χ3n) is 1.95. The smallest absolute Gasteiger partial charge is 0.339 e. The van der Waals surface area contributed by atoms with Gasteiger partial charge in [0, 0.05) is 17.2 Å². The molecule has 1 rings (SSSR count). The summed E-state index contributed by atoms with van der Waals surface area (Å²) in [6.45, 7) is 9.73. The number of hydrogen-bond donors (Lipinski definition) is 1. The van der Waals surface area contributed by atoms with Crippen LogP contribution in [0.5, 0.6) is 11.6 Å². The lowest BCUT2D eigenvalue weighted by atomic mass is 10.3. The van der Waals surface area contributed by atoms with Gasteiger partial charge < -0.3 is 9.47 Å². The van der Waals surface area contributed by atoms with Gasteiger partial charge in [-0.15, -0.1) is 0 Å². The molecular weight excluding hydrogens is 250 g/mol. The minimum atomic E-state index is -0.711. The van der Waals surface area contributed by atoms with E-state index in [0.717, 1.165) is 0 Å². The zero-order valence-electron chi connectivity index (χ0n) is 10.6. The number of H-pyrrole nitrogens is 1. The number of carbonyl (C=O) groups excluding carboxylic acids is 2. The highest BCUT2D eigenvalue weighted by atomic mass is 16.5. The number of hydrogen-bond acceptors (Lipinski definition) is 5. The second-order valence-electron chi connectivity index (χ2n) is 3.86. The van der Waals surface area contributed by atoms with E-state index in [1.807, 2.05) is 0 Å². The van der Waals surface area contributed by atoms with Crippen LogP contribution in [0.2, 0.25) is 0 Å². The minimum Gasteiger partial charge on any atom is -0.417 e. The van der Waals surface area contributed by atoms with Crippen molar-refractivity contribution in [3.05, 3.63) is 46.8 Å². The molecule has 0 spiro atoms. The van der Waals surface area contributed by atoms with Crippen LogP contribution in [0, 0.1) is 0 Å². The molecule has 0 aliphatic heterocycles. The van der Waals surface area contributed by atoms with E-state index in [2.05, 4.69) is 18.1 Å². The van der Waals surface area contributed by atoms with Gasteiger partial charge in [0.15, 0.2) is 5.75 Å². The van der Waals surface area contributed by atoms with Crippen molar-refractivity contribution >= 4 is 11.9 Å². The average Bonchev–Trinajstić information content (AvgIpc) is 2.32. The van der Waals surface area contributed by atoms with E-state index < -0.39 is 17.5 Å². The van der Waals surface area contributed by atoms with Crippen molar-refractivity contribution in [1.82, 2.24) is 4.98 Å². The molecular formula is C13H13NO5. The Hall–Kier alpha value is -2.63. The number of pyridine rings is 1. The van der Waals surface area contributed by atoms with Gasteiger partial charge in [0.05, 0.1) is 0 Å². The van der Waals surface area contributed by atoms with E-state index in [1.54, 1.807) is 0 Å². The fraction of sp³-hybridized carbons (Fsp3) is 0.154. The van der Waals surface area contributed by atoms with Gasteiger partial charge in [0.2, 0.25) is 5.88 Å². The molecule has 0 amide bonds. The fourth-order valence-corrected chi connectivity index (χ4v) is 0.956. The minimum absolute atomic E-state index is 0.0619. The van der Waals surface area contributed by atoms with Gasteiger partial charge in [-0.3, -0.25) is 9.78 Å². The van der Waals surface area contributed by atoms with E-state index in [0.29, 0.717) is 0 Å². The number of nitrogens with one attached hydrogen (secondary N) is 1. The molecule has 1 N–H and O–H groups in total. The van der Waals surface area contributed by atoms with Crippen molar-refractivity contribution in [2.75, 3.05) is 0 Å². The highest BCUT2D eigenvalue weighted by molar-refractivity contribution is 5.89. The second-order valence-corrected chi connectivity index (χ2v) is 3.86. The number of esters is 2. The van der Waals surface area contributed by atoms with Crippen LogP contribution < -0.4 is 15.0 Å². The Kier molecular flexibility index (Phi) is 4.41. The van der Waals surface area contributed by atoms with Crippen molar-refractivity contribution in [2.45, 2.75) is 13.8 Å². The molecule has 0 aromatic carbocycles. The van der Waals surface area contributed by atoms with Gasteiger partial charge in [-0.1, -0.05) is 13.2 Å². The summed E-state index contributed by atoms with van der Waals surface area (Å²) in [5.74, 6) is -1.64. The fourth-order valence-electron chi connectivity index (χ4n) is 0.956. The van der Waals surface area contributed by atoms with Gasteiger partial charge in [-0.2, -0.15) is 0 Å². The zero-order valence-corrected chi connectivity index (χ0v) is 10.6. The van der Waals surface area contributed by atoms with Crippen LogP contribution in [0.4, 0.5) is 0 Å². The molecule has 0 atom stereocenters. The number of aromatic amines is 1. The molecule has 6 heteroatoms. The van der Waals surface area contributed by atoms with Crippen LogP contribution in [0.15, 0.2) is 41.2 Å². The predicted molar refractivity (Wildman–Crippen MR) is 68.0 cm³/mol. The van der Waals surface area contributed by atoms with Crippen LogP contribution >= 0.6 is 0 Å². The van der Waals surface area contributed by atoms with E-state index >= 15 is 0 Å². The molecule has 0 bridgehead atoms. The second kappa shape index (κ2) is 5.81. The van der Waals surface area contributed by atoms with Crippen LogP contribution in [0.25, 0.3) is 0 Å². The molecule has 1 heterocycles. The molecule has 0 fully saturated rings. The van der Waals surface area contributed by atoms with Gasteiger partial charge in [0.1, 0.15) is 0 Å². The normalized spacial score (nSPS) is 9.58. The van der Waals surface area contributed by atoms with Crippen molar-refractivity contribution < 1.29 is 19.1 Å². The summed E-state index contributed by atoms with van der Waals surface area (Å²) < 4.78 is 9.59. The van der Waals surface area contributed by atoms with Crippen molar-refractivity contribution in [1.29, 1.82) is 0 Å². The van der Waals surface area contributed by atoms with Crippen molar-refractivity contribution in [2.24, 2.45) is 0 Å². The summed E-state index contributed by atoms with van der Waals surface area (Å²) in [7, 11) is 0. The van der Waals surface area contributed by atoms with Gasteiger partial charge in [0.25, 0.3) is 5.56 Å². The maximum Gasteiger partial charge on any atom is 0.339 e. The SMILES string of the molecule is C=C(C)C(=O)Oc1ccc(OC(=O)C(=C)C)c(=O)[nH]1. The molecule has 6 nitrogen and oxygen atoms in total. The lowest BCUT2D eigenvalue weighted by Crippen LogP contribution is -2.18. The van der Waals surface area contributed by atoms with Gasteiger partial charge in [-0.25, -0.2) is 9.59 Å². The van der Waals surface area contributed by atoms with Gasteiger partial charge >= 0.3 is 11.9 Å². The topological polar surface area (TPSA) is 85.5 Å². The number of rotatable bonds is 4. The van der Waals surface area contributed by atoms with Crippen LogP contribution in [0.3, 0.4) is 0 Å². The summed E-state index contributed by atoms with van der Waals surface area (Å²) in [5.41, 5.74) is -0.336. The molecule has 0 radical (unpaired) electrons. The summed E-state index contributed by atoms with van der Waals surface area (Å²) in [4.78, 5) is 36.3. The summed E-state index contributed by atoms with van der Waals surface area (Å²) in [6, 6.07) is 2.52. The van der Waals surface area contributed by atoms with Crippen molar-refractivity contribution in [3.63, 3.8) is 0 Å². The van der Waals surface area contributed by atoms with E-state index in [1.165, 1.54) is 26.0 Å². The van der Waals surface area contributed by atoms with Gasteiger partial charge in [-0.05, 0) is 19.9 Å². The molecule has 0 aliphatic carbocycles. The Bertz CT molecular complexity index is 612. The van der Waals surface area contributed by atoms with Crippen LogP contribution in [-0.2, 0) is 9.59 Å². The molecule has 0 aliphatic rings. The lowest BCUT2D eigenvalue weighted by Gasteiger charge is -2.05. The van der Waals surface area contributed by atoms with Crippen LogP contribution in [-0.4, -0.2) is 16.9 Å². The highest BCUT2D eigenvalue weighted by Crippen LogP contribution is 2.11. The third-order valence-corrected chi connectivity index (χ3v) is 1.95.